The van der Waals surface area contributed by atoms with Gasteiger partial charge in [0.25, 0.3) is 0 Å². The van der Waals surface area contributed by atoms with Crippen LogP contribution in [0.2, 0.25) is 0 Å². The minimum atomic E-state index is 0.0345. The number of nitrogens with zero attached hydrogens (tertiary/aromatic N) is 1. The third-order valence-corrected chi connectivity index (χ3v) is 4.46. The average Bonchev–Trinajstić information content (AvgIpc) is 2.91. The molecule has 0 aliphatic carbocycles. The summed E-state index contributed by atoms with van der Waals surface area (Å²) >= 11 is 0. The van der Waals surface area contributed by atoms with Gasteiger partial charge in [0, 0.05) is 19.0 Å². The minimum absolute atomic E-state index is 0.0345. The van der Waals surface area contributed by atoms with Gasteiger partial charge in [-0.1, -0.05) is 18.2 Å². The summed E-state index contributed by atoms with van der Waals surface area (Å²) in [5, 5.41) is 3.10. The van der Waals surface area contributed by atoms with E-state index in [9.17, 15) is 4.79 Å². The molecule has 114 valence electrons. The lowest BCUT2D eigenvalue weighted by molar-refractivity contribution is -0.125. The summed E-state index contributed by atoms with van der Waals surface area (Å²) in [6, 6.07) is 8.04. The van der Waals surface area contributed by atoms with Gasteiger partial charge < -0.3 is 15.0 Å². The Hall–Kier alpha value is -1.55. The fourth-order valence-corrected chi connectivity index (χ4v) is 3.20. The van der Waals surface area contributed by atoms with E-state index < -0.39 is 0 Å². The van der Waals surface area contributed by atoms with Gasteiger partial charge in [-0.25, -0.2) is 0 Å². The van der Waals surface area contributed by atoms with E-state index in [0.717, 1.165) is 37.2 Å². The maximum atomic E-state index is 12.3. The molecule has 2 heterocycles. The summed E-state index contributed by atoms with van der Waals surface area (Å²) in [6.07, 6.45) is 4.17. The molecule has 1 N–H and O–H groups in total. The molecule has 4 heteroatoms. The highest BCUT2D eigenvalue weighted by Crippen LogP contribution is 2.26. The third-order valence-electron chi connectivity index (χ3n) is 4.46. The molecule has 0 aromatic heterocycles. The highest BCUT2D eigenvalue weighted by molar-refractivity contribution is 5.79. The zero-order valence-electron chi connectivity index (χ0n) is 12.5. The monoisotopic (exact) mass is 288 g/mol. The predicted molar refractivity (Wildman–Crippen MR) is 82.4 cm³/mol. The number of carbonyl (C=O) groups is 1. The molecule has 1 fully saturated rings. The summed E-state index contributed by atoms with van der Waals surface area (Å²) in [7, 11) is 0. The number of para-hydroxylation sites is 1. The highest BCUT2D eigenvalue weighted by atomic mass is 16.5. The maximum Gasteiger partial charge on any atom is 0.223 e. The van der Waals surface area contributed by atoms with Gasteiger partial charge in [-0.05, 0) is 50.4 Å². The molecule has 3 rings (SSSR count). The van der Waals surface area contributed by atoms with Crippen molar-refractivity contribution in [1.82, 2.24) is 10.2 Å². The fraction of sp³-hybridized carbons (Fsp3) is 0.588. The smallest absolute Gasteiger partial charge is 0.223 e. The second kappa shape index (κ2) is 6.94. The van der Waals surface area contributed by atoms with E-state index in [1.165, 1.54) is 25.9 Å². The Morgan fingerprint density at radius 3 is 2.95 bits per heavy atom. The number of amides is 1. The van der Waals surface area contributed by atoms with Gasteiger partial charge >= 0.3 is 0 Å². The van der Waals surface area contributed by atoms with E-state index in [0.29, 0.717) is 6.61 Å². The third kappa shape index (κ3) is 3.76. The standard InChI is InChI=1S/C17H24N2O2/c20-17(18-8-11-19-9-3-4-10-19)15-7-12-21-16-6-2-1-5-14(16)13-15/h1-2,5-6,15H,3-4,7-13H2,(H,18,20)/t15-/m0/s1. The summed E-state index contributed by atoms with van der Waals surface area (Å²) in [6.45, 7) is 4.73. The zero-order chi connectivity index (χ0) is 14.5. The minimum Gasteiger partial charge on any atom is -0.493 e. The van der Waals surface area contributed by atoms with Gasteiger partial charge in [0.1, 0.15) is 5.75 Å². The molecule has 0 bridgehead atoms. The van der Waals surface area contributed by atoms with Crippen LogP contribution in [0.15, 0.2) is 24.3 Å². The SMILES string of the molecule is O=C(NCCN1CCCC1)[C@H]1CCOc2ccccc2C1. The molecule has 1 saturated heterocycles. The van der Waals surface area contributed by atoms with Crippen LogP contribution in [0.1, 0.15) is 24.8 Å². The Morgan fingerprint density at radius 1 is 1.29 bits per heavy atom. The molecule has 1 aromatic carbocycles. The summed E-state index contributed by atoms with van der Waals surface area (Å²) in [4.78, 5) is 14.8. The van der Waals surface area contributed by atoms with Crippen LogP contribution in [0, 0.1) is 5.92 Å². The van der Waals surface area contributed by atoms with Gasteiger partial charge in [0.05, 0.1) is 6.61 Å². The fourth-order valence-electron chi connectivity index (χ4n) is 3.20. The van der Waals surface area contributed by atoms with Crippen LogP contribution in [0.5, 0.6) is 5.75 Å². The van der Waals surface area contributed by atoms with Crippen LogP contribution in [0.25, 0.3) is 0 Å². The summed E-state index contributed by atoms with van der Waals surface area (Å²) in [5.41, 5.74) is 1.15. The number of fused-ring (bicyclic) bond motifs is 1. The molecule has 0 spiro atoms. The van der Waals surface area contributed by atoms with E-state index in [1.54, 1.807) is 0 Å². The first kappa shape index (κ1) is 14.4. The zero-order valence-corrected chi connectivity index (χ0v) is 12.5. The first-order valence-electron chi connectivity index (χ1n) is 8.04. The number of hydrogen-bond donors (Lipinski definition) is 1. The molecule has 2 aliphatic rings. The van der Waals surface area contributed by atoms with Crippen molar-refractivity contribution < 1.29 is 9.53 Å². The lowest BCUT2D eigenvalue weighted by Gasteiger charge is -2.17. The van der Waals surface area contributed by atoms with Crippen molar-refractivity contribution in [2.24, 2.45) is 5.92 Å². The van der Waals surface area contributed by atoms with E-state index in [4.69, 9.17) is 4.74 Å². The number of benzene rings is 1. The summed E-state index contributed by atoms with van der Waals surface area (Å²) < 4.78 is 5.73. The molecule has 0 saturated carbocycles. The molecular weight excluding hydrogens is 264 g/mol. The first-order valence-corrected chi connectivity index (χ1v) is 8.04. The van der Waals surface area contributed by atoms with Crippen molar-refractivity contribution in [2.75, 3.05) is 32.8 Å². The van der Waals surface area contributed by atoms with Crippen molar-refractivity contribution in [1.29, 1.82) is 0 Å². The molecule has 0 unspecified atom stereocenters. The number of carbonyl (C=O) groups excluding carboxylic acids is 1. The van der Waals surface area contributed by atoms with E-state index in [2.05, 4.69) is 16.3 Å². The van der Waals surface area contributed by atoms with Gasteiger partial charge in [0.2, 0.25) is 5.91 Å². The van der Waals surface area contributed by atoms with Gasteiger partial charge in [-0.3, -0.25) is 4.79 Å². The lowest BCUT2D eigenvalue weighted by Crippen LogP contribution is -2.37. The molecule has 0 radical (unpaired) electrons. The summed E-state index contributed by atoms with van der Waals surface area (Å²) in [5.74, 6) is 1.14. The molecule has 1 aromatic rings. The number of rotatable bonds is 4. The number of likely N-dealkylation sites (tertiary alicyclic amines) is 1. The van der Waals surface area contributed by atoms with Crippen LogP contribution >= 0.6 is 0 Å². The van der Waals surface area contributed by atoms with Gasteiger partial charge in [-0.15, -0.1) is 0 Å². The van der Waals surface area contributed by atoms with Crippen LogP contribution in [-0.2, 0) is 11.2 Å². The van der Waals surface area contributed by atoms with E-state index in [-0.39, 0.29) is 11.8 Å². The van der Waals surface area contributed by atoms with Crippen LogP contribution in [0.4, 0.5) is 0 Å². The molecule has 2 aliphatic heterocycles. The molecule has 1 amide bonds. The van der Waals surface area contributed by atoms with Crippen LogP contribution < -0.4 is 10.1 Å². The molecular formula is C17H24N2O2. The van der Waals surface area contributed by atoms with Crippen molar-refractivity contribution in [2.45, 2.75) is 25.7 Å². The quantitative estimate of drug-likeness (QED) is 0.919. The Balaban J connectivity index is 1.50. The Kier molecular flexibility index (Phi) is 4.76. The maximum absolute atomic E-state index is 12.3. The predicted octanol–water partition coefficient (Wildman–Crippen LogP) is 1.84. The Bertz CT molecular complexity index is 483. The van der Waals surface area contributed by atoms with Gasteiger partial charge in [-0.2, -0.15) is 0 Å². The largest absolute Gasteiger partial charge is 0.493 e. The van der Waals surface area contributed by atoms with E-state index >= 15 is 0 Å². The van der Waals surface area contributed by atoms with Crippen molar-refractivity contribution in [3.63, 3.8) is 0 Å². The molecule has 4 nitrogen and oxygen atoms in total. The highest BCUT2D eigenvalue weighted by Gasteiger charge is 2.23. The number of ether oxygens (including phenoxy) is 1. The average molecular weight is 288 g/mol. The van der Waals surface area contributed by atoms with Crippen molar-refractivity contribution in [3.8, 4) is 5.75 Å². The van der Waals surface area contributed by atoms with Crippen LogP contribution in [0.3, 0.4) is 0 Å². The first-order chi connectivity index (χ1) is 10.3. The van der Waals surface area contributed by atoms with Crippen molar-refractivity contribution in [3.05, 3.63) is 29.8 Å². The van der Waals surface area contributed by atoms with E-state index in [1.807, 2.05) is 18.2 Å². The topological polar surface area (TPSA) is 41.6 Å². The van der Waals surface area contributed by atoms with Crippen LogP contribution in [-0.4, -0.2) is 43.6 Å². The second-order valence-electron chi connectivity index (χ2n) is 5.99. The van der Waals surface area contributed by atoms with Gasteiger partial charge in [0.15, 0.2) is 0 Å². The number of hydrogen-bond acceptors (Lipinski definition) is 3. The second-order valence-corrected chi connectivity index (χ2v) is 5.99. The Morgan fingerprint density at radius 2 is 2.10 bits per heavy atom. The molecule has 1 atom stereocenters. The normalized spacial score (nSPS) is 22.2. The number of nitrogens with one attached hydrogen (secondary N) is 1. The lowest BCUT2D eigenvalue weighted by atomic mass is 9.96. The Labute approximate surface area is 126 Å². The van der Waals surface area contributed by atoms with Crippen molar-refractivity contribution >= 4 is 5.91 Å². The molecule has 21 heavy (non-hydrogen) atoms.